The van der Waals surface area contributed by atoms with Gasteiger partial charge in [-0.05, 0) is 12.8 Å². The maximum absolute atomic E-state index is 5.78. The van der Waals surface area contributed by atoms with Gasteiger partial charge in [0.25, 0.3) is 0 Å². The van der Waals surface area contributed by atoms with Crippen LogP contribution in [0.1, 0.15) is 32.1 Å². The summed E-state index contributed by atoms with van der Waals surface area (Å²) >= 11 is 1.38. The van der Waals surface area contributed by atoms with Crippen molar-refractivity contribution in [3.63, 3.8) is 0 Å². The fraction of sp³-hybridized carbons (Fsp3) is 0.800. The molecule has 1 heterocycles. The quantitative estimate of drug-likeness (QED) is 0.784. The Kier molecular flexibility index (Phi) is 4.35. The van der Waals surface area contributed by atoms with E-state index in [4.69, 9.17) is 4.74 Å². The summed E-state index contributed by atoms with van der Waals surface area (Å²) in [6.45, 7) is 1.59. The van der Waals surface area contributed by atoms with Crippen LogP contribution < -0.4 is 5.32 Å². The number of hydrogen-bond acceptors (Lipinski definition) is 5. The third-order valence-corrected chi connectivity index (χ3v) is 3.27. The maximum atomic E-state index is 5.78. The Balaban J connectivity index is 1.54. The minimum Gasteiger partial charge on any atom is -0.376 e. The highest BCUT2D eigenvalue weighted by Gasteiger charge is 2.12. The van der Waals surface area contributed by atoms with E-state index in [1.807, 2.05) is 0 Å². The highest BCUT2D eigenvalue weighted by atomic mass is 32.1. The van der Waals surface area contributed by atoms with E-state index in [2.05, 4.69) is 14.7 Å². The van der Waals surface area contributed by atoms with Gasteiger partial charge < -0.3 is 10.1 Å². The number of aromatic nitrogens is 2. The summed E-state index contributed by atoms with van der Waals surface area (Å²) in [7, 11) is 0. The molecular weight excluding hydrogens is 210 g/mol. The average Bonchev–Trinajstić information content (AvgIpc) is 2.79. The van der Waals surface area contributed by atoms with Gasteiger partial charge in [0, 0.05) is 18.1 Å². The number of nitrogens with one attached hydrogen (secondary N) is 1. The fourth-order valence-corrected chi connectivity index (χ4v) is 2.32. The zero-order valence-corrected chi connectivity index (χ0v) is 9.63. The molecule has 0 aromatic carbocycles. The molecule has 0 amide bonds. The lowest BCUT2D eigenvalue weighted by molar-refractivity contribution is 0.0347. The smallest absolute Gasteiger partial charge is 0.202 e. The predicted molar refractivity (Wildman–Crippen MR) is 61.2 cm³/mol. The molecule has 1 fully saturated rings. The standard InChI is InChI=1S/C10H17N3OS/c1-2-4-9(5-3-1)14-7-6-11-10-12-8-13-15-10/h8-9H,1-7H2,(H,11,12,13). The van der Waals surface area contributed by atoms with Crippen molar-refractivity contribution in [1.82, 2.24) is 9.36 Å². The van der Waals surface area contributed by atoms with Crippen LogP contribution in [0.5, 0.6) is 0 Å². The van der Waals surface area contributed by atoms with Crippen LogP contribution in [0.4, 0.5) is 5.13 Å². The second kappa shape index (κ2) is 6.02. The van der Waals surface area contributed by atoms with Gasteiger partial charge in [0.2, 0.25) is 5.13 Å². The van der Waals surface area contributed by atoms with Crippen LogP contribution in [0.15, 0.2) is 6.33 Å². The predicted octanol–water partition coefficient (Wildman–Crippen LogP) is 2.30. The molecule has 0 saturated heterocycles. The average molecular weight is 227 g/mol. The largest absolute Gasteiger partial charge is 0.376 e. The Morgan fingerprint density at radius 2 is 2.27 bits per heavy atom. The Hall–Kier alpha value is -0.680. The monoisotopic (exact) mass is 227 g/mol. The molecule has 0 spiro atoms. The highest BCUT2D eigenvalue weighted by Crippen LogP contribution is 2.19. The van der Waals surface area contributed by atoms with E-state index >= 15 is 0 Å². The van der Waals surface area contributed by atoms with Crippen molar-refractivity contribution in [3.05, 3.63) is 6.33 Å². The Morgan fingerprint density at radius 1 is 1.40 bits per heavy atom. The van der Waals surface area contributed by atoms with Crippen LogP contribution in [0.25, 0.3) is 0 Å². The Labute approximate surface area is 94.2 Å². The van der Waals surface area contributed by atoms with Gasteiger partial charge in [0.05, 0.1) is 12.7 Å². The zero-order valence-electron chi connectivity index (χ0n) is 8.82. The molecule has 0 bridgehead atoms. The third kappa shape index (κ3) is 3.76. The van der Waals surface area contributed by atoms with Gasteiger partial charge in [-0.15, -0.1) is 0 Å². The summed E-state index contributed by atoms with van der Waals surface area (Å²) in [6, 6.07) is 0. The Bertz CT molecular complexity index is 260. The van der Waals surface area contributed by atoms with Crippen LogP contribution in [-0.2, 0) is 4.74 Å². The first-order valence-electron chi connectivity index (χ1n) is 5.57. The Morgan fingerprint density at radius 3 is 3.00 bits per heavy atom. The van der Waals surface area contributed by atoms with Crippen LogP contribution in [0.2, 0.25) is 0 Å². The summed E-state index contributed by atoms with van der Waals surface area (Å²) in [4.78, 5) is 4.04. The van der Waals surface area contributed by atoms with Gasteiger partial charge in [0.15, 0.2) is 0 Å². The maximum Gasteiger partial charge on any atom is 0.202 e. The van der Waals surface area contributed by atoms with Crippen LogP contribution >= 0.6 is 11.5 Å². The van der Waals surface area contributed by atoms with Crippen molar-refractivity contribution in [2.24, 2.45) is 0 Å². The van der Waals surface area contributed by atoms with Crippen molar-refractivity contribution in [2.75, 3.05) is 18.5 Å². The van der Waals surface area contributed by atoms with E-state index in [1.54, 1.807) is 6.33 Å². The molecule has 5 heteroatoms. The van der Waals surface area contributed by atoms with E-state index in [0.29, 0.717) is 6.10 Å². The second-order valence-corrected chi connectivity index (χ2v) is 4.58. The van der Waals surface area contributed by atoms with E-state index < -0.39 is 0 Å². The number of nitrogens with zero attached hydrogens (tertiary/aromatic N) is 2. The van der Waals surface area contributed by atoms with Gasteiger partial charge in [-0.2, -0.15) is 4.37 Å². The normalized spacial score (nSPS) is 17.9. The third-order valence-electron chi connectivity index (χ3n) is 2.65. The van der Waals surface area contributed by atoms with Gasteiger partial charge in [-0.25, -0.2) is 4.98 Å². The summed E-state index contributed by atoms with van der Waals surface area (Å²) in [6.07, 6.45) is 8.56. The molecule has 0 unspecified atom stereocenters. The first kappa shape index (κ1) is 10.8. The van der Waals surface area contributed by atoms with Crippen molar-refractivity contribution in [1.29, 1.82) is 0 Å². The molecule has 0 aliphatic heterocycles. The van der Waals surface area contributed by atoms with Crippen molar-refractivity contribution in [3.8, 4) is 0 Å². The molecular formula is C10H17N3OS. The van der Waals surface area contributed by atoms with Gasteiger partial charge in [0.1, 0.15) is 6.33 Å². The number of hydrogen-bond donors (Lipinski definition) is 1. The molecule has 1 aliphatic carbocycles. The van der Waals surface area contributed by atoms with Crippen LogP contribution in [0.3, 0.4) is 0 Å². The van der Waals surface area contributed by atoms with Gasteiger partial charge in [-0.1, -0.05) is 19.3 Å². The van der Waals surface area contributed by atoms with Crippen molar-refractivity contribution in [2.45, 2.75) is 38.2 Å². The molecule has 0 radical (unpaired) electrons. The van der Waals surface area contributed by atoms with E-state index in [1.165, 1.54) is 43.6 Å². The van der Waals surface area contributed by atoms with E-state index in [-0.39, 0.29) is 0 Å². The van der Waals surface area contributed by atoms with Crippen molar-refractivity contribution < 1.29 is 4.74 Å². The molecule has 1 aromatic rings. The summed E-state index contributed by atoms with van der Waals surface area (Å²) < 4.78 is 9.69. The molecule has 4 nitrogen and oxygen atoms in total. The highest BCUT2D eigenvalue weighted by molar-refractivity contribution is 7.09. The molecule has 1 saturated carbocycles. The lowest BCUT2D eigenvalue weighted by Gasteiger charge is -2.21. The molecule has 15 heavy (non-hydrogen) atoms. The minimum absolute atomic E-state index is 0.495. The lowest BCUT2D eigenvalue weighted by Crippen LogP contribution is -2.20. The minimum atomic E-state index is 0.495. The van der Waals surface area contributed by atoms with Gasteiger partial charge in [-0.3, -0.25) is 0 Å². The molecule has 2 rings (SSSR count). The molecule has 1 N–H and O–H groups in total. The lowest BCUT2D eigenvalue weighted by atomic mass is 9.98. The fourth-order valence-electron chi connectivity index (χ4n) is 1.87. The first-order valence-corrected chi connectivity index (χ1v) is 6.34. The topological polar surface area (TPSA) is 47.0 Å². The summed E-state index contributed by atoms with van der Waals surface area (Å²) in [5, 5.41) is 4.06. The van der Waals surface area contributed by atoms with E-state index in [0.717, 1.165) is 18.3 Å². The zero-order chi connectivity index (χ0) is 10.3. The molecule has 1 aliphatic rings. The van der Waals surface area contributed by atoms with Crippen LogP contribution in [-0.4, -0.2) is 28.6 Å². The molecule has 1 aromatic heterocycles. The summed E-state index contributed by atoms with van der Waals surface area (Å²) in [5.41, 5.74) is 0. The first-order chi connectivity index (χ1) is 7.45. The van der Waals surface area contributed by atoms with Crippen LogP contribution in [0, 0.1) is 0 Å². The summed E-state index contributed by atoms with van der Waals surface area (Å²) in [5.74, 6) is 0. The number of ether oxygens (including phenoxy) is 1. The molecule has 84 valence electrons. The van der Waals surface area contributed by atoms with Gasteiger partial charge >= 0.3 is 0 Å². The van der Waals surface area contributed by atoms with E-state index in [9.17, 15) is 0 Å². The molecule has 0 atom stereocenters. The number of anilines is 1. The van der Waals surface area contributed by atoms with Crippen molar-refractivity contribution >= 4 is 16.7 Å². The second-order valence-electron chi connectivity index (χ2n) is 3.80. The SMILES string of the molecule is c1nsc(NCCOC2CCCCC2)n1. The number of rotatable bonds is 5.